The van der Waals surface area contributed by atoms with E-state index < -0.39 is 10.0 Å². The number of nitrogens with one attached hydrogen (secondary N) is 1. The fourth-order valence-corrected chi connectivity index (χ4v) is 5.12. The van der Waals surface area contributed by atoms with Gasteiger partial charge in [0.15, 0.2) is 4.96 Å². The zero-order valence-electron chi connectivity index (χ0n) is 14.5. The van der Waals surface area contributed by atoms with Gasteiger partial charge in [0, 0.05) is 36.1 Å². The van der Waals surface area contributed by atoms with Crippen molar-refractivity contribution < 1.29 is 8.42 Å². The third-order valence-corrected chi connectivity index (χ3v) is 6.64. The minimum absolute atomic E-state index is 0.221. The lowest BCUT2D eigenvalue weighted by Gasteiger charge is -2.09. The first-order valence-corrected chi connectivity index (χ1v) is 10.3. The predicted octanol–water partition coefficient (Wildman–Crippen LogP) is 3.21. The second kappa shape index (κ2) is 5.96. The number of nitrogens with zero attached hydrogens (tertiary/aromatic N) is 4. The first-order chi connectivity index (χ1) is 12.3. The van der Waals surface area contributed by atoms with Crippen LogP contribution in [0.2, 0.25) is 0 Å². The van der Waals surface area contributed by atoms with E-state index in [1.807, 2.05) is 34.3 Å². The van der Waals surface area contributed by atoms with Crippen LogP contribution in [0.3, 0.4) is 0 Å². The Bertz CT molecular complexity index is 1170. The molecule has 4 rings (SSSR count). The molecule has 0 atom stereocenters. The second-order valence-electron chi connectivity index (χ2n) is 6.03. The van der Waals surface area contributed by atoms with Gasteiger partial charge < -0.3 is 0 Å². The van der Waals surface area contributed by atoms with Gasteiger partial charge in [0.1, 0.15) is 4.90 Å². The molecule has 0 aliphatic carbocycles. The molecular formula is C17H17N5O2S2. The summed E-state index contributed by atoms with van der Waals surface area (Å²) >= 11 is 1.57. The van der Waals surface area contributed by atoms with Crippen LogP contribution in [-0.4, -0.2) is 27.6 Å². The Morgan fingerprint density at radius 3 is 2.50 bits per heavy atom. The molecule has 0 aliphatic rings. The molecule has 0 aliphatic heterocycles. The number of rotatable bonds is 4. The van der Waals surface area contributed by atoms with E-state index in [4.69, 9.17) is 0 Å². The summed E-state index contributed by atoms with van der Waals surface area (Å²) in [4.78, 5) is 5.70. The molecule has 0 spiro atoms. The van der Waals surface area contributed by atoms with Gasteiger partial charge in [-0.1, -0.05) is 12.1 Å². The number of thiazole rings is 1. The van der Waals surface area contributed by atoms with Gasteiger partial charge in [-0.2, -0.15) is 5.10 Å². The van der Waals surface area contributed by atoms with Crippen LogP contribution < -0.4 is 4.72 Å². The van der Waals surface area contributed by atoms with Gasteiger partial charge in [0.05, 0.1) is 17.1 Å². The highest BCUT2D eigenvalue weighted by molar-refractivity contribution is 7.92. The Morgan fingerprint density at radius 2 is 1.88 bits per heavy atom. The van der Waals surface area contributed by atoms with Crippen molar-refractivity contribution in [1.82, 2.24) is 19.2 Å². The van der Waals surface area contributed by atoms with E-state index in [9.17, 15) is 8.42 Å². The van der Waals surface area contributed by atoms with Crippen molar-refractivity contribution in [3.63, 3.8) is 0 Å². The molecule has 1 aromatic carbocycles. The number of hydrogen-bond donors (Lipinski definition) is 1. The first-order valence-electron chi connectivity index (χ1n) is 7.91. The molecule has 26 heavy (non-hydrogen) atoms. The molecule has 0 saturated carbocycles. The largest absolute Gasteiger partial charge is 0.297 e. The lowest BCUT2D eigenvalue weighted by atomic mass is 10.1. The van der Waals surface area contributed by atoms with Crippen molar-refractivity contribution in [2.75, 3.05) is 4.72 Å². The van der Waals surface area contributed by atoms with Crippen LogP contribution in [0.1, 0.15) is 11.4 Å². The molecule has 3 aromatic heterocycles. The van der Waals surface area contributed by atoms with Gasteiger partial charge in [-0.05, 0) is 26.0 Å². The average molecular weight is 387 g/mol. The molecule has 3 heterocycles. The molecule has 4 aromatic rings. The van der Waals surface area contributed by atoms with Crippen LogP contribution in [-0.2, 0) is 17.1 Å². The summed E-state index contributed by atoms with van der Waals surface area (Å²) in [6.45, 7) is 3.43. The third-order valence-electron chi connectivity index (χ3n) is 4.24. The molecule has 9 heteroatoms. The van der Waals surface area contributed by atoms with Crippen LogP contribution in [0.15, 0.2) is 46.9 Å². The number of anilines is 1. The summed E-state index contributed by atoms with van der Waals surface area (Å²) < 4.78 is 31.6. The first kappa shape index (κ1) is 16.8. The molecule has 0 fully saturated rings. The summed E-state index contributed by atoms with van der Waals surface area (Å²) in [5.41, 5.74) is 3.36. The minimum Gasteiger partial charge on any atom is -0.297 e. The highest BCUT2D eigenvalue weighted by Crippen LogP contribution is 2.25. The third kappa shape index (κ3) is 2.78. The maximum Gasteiger partial charge on any atom is 0.265 e. The van der Waals surface area contributed by atoms with Crippen molar-refractivity contribution in [3.8, 4) is 11.3 Å². The Balaban J connectivity index is 1.62. The molecule has 7 nitrogen and oxygen atoms in total. The summed E-state index contributed by atoms with van der Waals surface area (Å²) in [6, 6.07) is 7.18. The van der Waals surface area contributed by atoms with Crippen LogP contribution >= 0.6 is 11.3 Å². The van der Waals surface area contributed by atoms with Gasteiger partial charge in [-0.25, -0.2) is 13.4 Å². The van der Waals surface area contributed by atoms with E-state index >= 15 is 0 Å². The van der Waals surface area contributed by atoms with Crippen molar-refractivity contribution in [2.45, 2.75) is 18.7 Å². The monoisotopic (exact) mass is 387 g/mol. The molecule has 134 valence electrons. The maximum atomic E-state index is 12.7. The van der Waals surface area contributed by atoms with Gasteiger partial charge in [0.2, 0.25) is 0 Å². The Morgan fingerprint density at radius 1 is 1.15 bits per heavy atom. The maximum absolute atomic E-state index is 12.7. The lowest BCUT2D eigenvalue weighted by molar-refractivity contribution is 0.599. The summed E-state index contributed by atoms with van der Waals surface area (Å²) in [7, 11) is -1.97. The summed E-state index contributed by atoms with van der Waals surface area (Å²) in [5, 5.41) is 6.15. The van der Waals surface area contributed by atoms with Crippen molar-refractivity contribution >= 4 is 32.0 Å². The Kier molecular flexibility index (Phi) is 3.85. The highest BCUT2D eigenvalue weighted by atomic mass is 32.2. The SMILES string of the molecule is Cc1nn(C)c(C)c1S(=O)(=O)Nc1ccc(-c2cn3ccsc3n2)cc1. The quantitative estimate of drug-likeness (QED) is 0.583. The lowest BCUT2D eigenvalue weighted by Crippen LogP contribution is -2.14. The molecule has 1 N–H and O–H groups in total. The number of sulfonamides is 1. The molecule has 0 unspecified atom stereocenters. The molecule has 0 bridgehead atoms. The van der Waals surface area contributed by atoms with Crippen molar-refractivity contribution in [1.29, 1.82) is 0 Å². The number of imidazole rings is 1. The van der Waals surface area contributed by atoms with E-state index in [0.29, 0.717) is 17.1 Å². The van der Waals surface area contributed by atoms with Crippen molar-refractivity contribution in [3.05, 3.63) is 53.4 Å². The Labute approximate surface area is 155 Å². The fourth-order valence-electron chi connectivity index (χ4n) is 2.92. The van der Waals surface area contributed by atoms with Crippen LogP contribution in [0, 0.1) is 13.8 Å². The average Bonchev–Trinajstić information content (AvgIpc) is 3.22. The zero-order valence-corrected chi connectivity index (χ0v) is 16.1. The fraction of sp³-hybridized carbons (Fsp3) is 0.176. The van der Waals surface area contributed by atoms with Crippen LogP contribution in [0.5, 0.6) is 0 Å². The number of hydrogen-bond acceptors (Lipinski definition) is 5. The van der Waals surface area contributed by atoms with E-state index in [1.54, 1.807) is 49.0 Å². The number of benzene rings is 1. The van der Waals surface area contributed by atoms with E-state index in [0.717, 1.165) is 16.2 Å². The molecular weight excluding hydrogens is 370 g/mol. The second-order valence-corrected chi connectivity index (χ2v) is 8.52. The van der Waals surface area contributed by atoms with Crippen LogP contribution in [0.25, 0.3) is 16.2 Å². The van der Waals surface area contributed by atoms with E-state index in [1.165, 1.54) is 0 Å². The zero-order chi connectivity index (χ0) is 18.5. The van der Waals surface area contributed by atoms with Gasteiger partial charge in [0.25, 0.3) is 10.0 Å². The van der Waals surface area contributed by atoms with Crippen molar-refractivity contribution in [2.24, 2.45) is 7.05 Å². The molecule has 0 radical (unpaired) electrons. The standard InChI is InChI=1S/C17H17N5O2S2/c1-11-16(12(2)21(3)19-11)26(23,24)20-14-6-4-13(5-7-14)15-10-22-8-9-25-17(22)18-15/h4-10,20H,1-3H3. The van der Waals surface area contributed by atoms with Crippen LogP contribution in [0.4, 0.5) is 5.69 Å². The molecule has 0 saturated heterocycles. The van der Waals surface area contributed by atoms with Gasteiger partial charge >= 0.3 is 0 Å². The van der Waals surface area contributed by atoms with E-state index in [2.05, 4.69) is 14.8 Å². The summed E-state index contributed by atoms with van der Waals surface area (Å²) in [5.74, 6) is 0. The number of aromatic nitrogens is 4. The number of aryl methyl sites for hydroxylation is 2. The van der Waals surface area contributed by atoms with Gasteiger partial charge in [-0.3, -0.25) is 13.8 Å². The smallest absolute Gasteiger partial charge is 0.265 e. The summed E-state index contributed by atoms with van der Waals surface area (Å²) in [6.07, 6.45) is 3.91. The van der Waals surface area contributed by atoms with Gasteiger partial charge in [-0.15, -0.1) is 11.3 Å². The number of fused-ring (bicyclic) bond motifs is 1. The predicted molar refractivity (Wildman–Crippen MR) is 102 cm³/mol. The topological polar surface area (TPSA) is 81.3 Å². The van der Waals surface area contributed by atoms with E-state index in [-0.39, 0.29) is 4.90 Å². The minimum atomic E-state index is -3.69. The molecule has 0 amide bonds. The normalized spacial score (nSPS) is 12.0. The Hall–Kier alpha value is -2.65. The highest BCUT2D eigenvalue weighted by Gasteiger charge is 2.23.